The Morgan fingerprint density at radius 3 is 2.45 bits per heavy atom. The van der Waals surface area contributed by atoms with Gasteiger partial charge < -0.3 is 39.5 Å². The number of hydrogen-bond donors (Lipinski definition) is 4. The van der Waals surface area contributed by atoms with Crippen LogP contribution in [-0.2, 0) is 19.0 Å². The van der Waals surface area contributed by atoms with Crippen molar-refractivity contribution in [1.82, 2.24) is 9.80 Å². The van der Waals surface area contributed by atoms with Crippen LogP contribution < -0.4 is 0 Å². The molecule has 0 aromatic rings. The molecule has 4 rings (SSSR count). The third-order valence-corrected chi connectivity index (χ3v) is 11.5. The Balaban J connectivity index is 1.42. The van der Waals surface area contributed by atoms with Crippen LogP contribution in [0.25, 0.3) is 0 Å². The summed E-state index contributed by atoms with van der Waals surface area (Å²) in [5, 5.41) is 43.4. The van der Waals surface area contributed by atoms with Crippen molar-refractivity contribution in [1.29, 1.82) is 0 Å². The van der Waals surface area contributed by atoms with Crippen LogP contribution in [0.15, 0.2) is 36.0 Å². The Hall–Kier alpha value is -2.28. The maximum Gasteiger partial charge on any atom is 0.410 e. The zero-order valence-corrected chi connectivity index (χ0v) is 31.9. The minimum absolute atomic E-state index is 0.0102. The van der Waals surface area contributed by atoms with E-state index >= 15 is 0 Å². The lowest BCUT2D eigenvalue weighted by atomic mass is 9.88. The first-order valence-corrected chi connectivity index (χ1v) is 19.5. The molecule has 1 saturated carbocycles. The van der Waals surface area contributed by atoms with Crippen molar-refractivity contribution in [3.63, 3.8) is 0 Å². The van der Waals surface area contributed by atoms with E-state index in [4.69, 9.17) is 14.2 Å². The number of ether oxygens (including phenoxy) is 3. The fourth-order valence-corrected chi connectivity index (χ4v) is 7.88. The smallest absolute Gasteiger partial charge is 0.410 e. The van der Waals surface area contributed by atoms with E-state index in [0.717, 1.165) is 13.1 Å². The van der Waals surface area contributed by atoms with Crippen LogP contribution in [0.1, 0.15) is 112 Å². The number of piperazine rings is 1. The van der Waals surface area contributed by atoms with Gasteiger partial charge in [0.2, 0.25) is 0 Å². The number of allylic oxidation sites excluding steroid dienone is 2. The van der Waals surface area contributed by atoms with E-state index < -0.39 is 47.7 Å². The summed E-state index contributed by atoms with van der Waals surface area (Å²) in [5.41, 5.74) is -1.92. The number of rotatable bonds is 10. The number of nitrogens with zero attached hydrogens (tertiary/aromatic N) is 2. The molecule has 51 heavy (non-hydrogen) atoms. The van der Waals surface area contributed by atoms with E-state index in [-0.39, 0.29) is 43.3 Å². The average molecular weight is 719 g/mol. The SMILES string of the molecule is CCC(O)C(C)C1OC1CC(C)(O)/C=C/C=C(\C)C1OC(=O)CC(O)CCC(C)(O)C(OC(=O)N2CCN(C3CCCCCC3)CC2)/C=C/C1C. The van der Waals surface area contributed by atoms with E-state index in [9.17, 15) is 30.0 Å². The fraction of sp³-hybridized carbons (Fsp3) is 0.800. The van der Waals surface area contributed by atoms with Gasteiger partial charge in [-0.3, -0.25) is 9.69 Å². The van der Waals surface area contributed by atoms with Gasteiger partial charge >= 0.3 is 12.1 Å². The van der Waals surface area contributed by atoms with Crippen molar-refractivity contribution in [2.45, 2.75) is 166 Å². The van der Waals surface area contributed by atoms with Gasteiger partial charge in [0.25, 0.3) is 0 Å². The van der Waals surface area contributed by atoms with Gasteiger partial charge in [-0.2, -0.15) is 0 Å². The molecule has 1 amide bonds. The summed E-state index contributed by atoms with van der Waals surface area (Å²) in [6.07, 6.45) is 13.4. The standard InChI is InChI=1S/C40H66N2O9/c1-7-32(44)29(4)37-33(49-37)26-39(5,47)19-12-13-27(2)36-28(3)16-17-34(40(6,48)20-18-31(43)25-35(45)51-36)50-38(46)42-23-21-41(22-24-42)30-14-10-8-9-11-15-30/h12-13,16-17,19,28-34,36-37,43-44,47-48H,7-11,14-15,18,20-26H2,1-6H3/b17-16+,19-12+,27-13+. The highest BCUT2D eigenvalue weighted by atomic mass is 16.6. The Labute approximate surface area is 305 Å². The van der Waals surface area contributed by atoms with Crippen molar-refractivity contribution < 1.29 is 44.2 Å². The van der Waals surface area contributed by atoms with Crippen molar-refractivity contribution in [3.05, 3.63) is 36.0 Å². The van der Waals surface area contributed by atoms with Crippen molar-refractivity contribution in [2.24, 2.45) is 11.8 Å². The summed E-state index contributed by atoms with van der Waals surface area (Å²) in [6, 6.07) is 0.581. The molecule has 3 heterocycles. The topological polar surface area (TPSA) is 153 Å². The quantitative estimate of drug-likeness (QED) is 0.0794. The van der Waals surface area contributed by atoms with Gasteiger partial charge in [0.1, 0.15) is 11.7 Å². The van der Waals surface area contributed by atoms with E-state index in [2.05, 4.69) is 4.90 Å². The first-order valence-electron chi connectivity index (χ1n) is 19.5. The first-order chi connectivity index (χ1) is 24.1. The minimum Gasteiger partial charge on any atom is -0.457 e. The normalized spacial score (nSPS) is 35.5. The molecule has 10 atom stereocenters. The number of epoxide rings is 1. The summed E-state index contributed by atoms with van der Waals surface area (Å²) in [6.45, 7) is 13.7. The van der Waals surface area contributed by atoms with Gasteiger partial charge in [0.15, 0.2) is 6.10 Å². The largest absolute Gasteiger partial charge is 0.457 e. The molecule has 0 radical (unpaired) electrons. The molecular weight excluding hydrogens is 652 g/mol. The van der Waals surface area contributed by atoms with Crippen molar-refractivity contribution in [3.8, 4) is 0 Å². The first kappa shape index (κ1) is 41.5. The van der Waals surface area contributed by atoms with E-state index in [0.29, 0.717) is 37.5 Å². The molecule has 0 bridgehead atoms. The van der Waals surface area contributed by atoms with Crippen LogP contribution in [0.5, 0.6) is 0 Å². The number of esters is 1. The molecular formula is C40H66N2O9. The molecule has 3 aliphatic heterocycles. The number of aliphatic hydroxyl groups excluding tert-OH is 2. The summed E-state index contributed by atoms with van der Waals surface area (Å²) >= 11 is 0. The van der Waals surface area contributed by atoms with Gasteiger partial charge in [-0.05, 0) is 64.5 Å². The summed E-state index contributed by atoms with van der Waals surface area (Å²) in [5.74, 6) is -0.935. The molecule has 11 nitrogen and oxygen atoms in total. The number of hydrogen-bond acceptors (Lipinski definition) is 10. The zero-order chi connectivity index (χ0) is 37.3. The summed E-state index contributed by atoms with van der Waals surface area (Å²) in [4.78, 5) is 30.6. The van der Waals surface area contributed by atoms with Crippen molar-refractivity contribution in [2.75, 3.05) is 26.2 Å². The number of aliphatic hydroxyl groups is 4. The molecule has 0 aromatic carbocycles. The van der Waals surface area contributed by atoms with E-state index in [1.54, 1.807) is 49.1 Å². The molecule has 290 valence electrons. The Kier molecular flexibility index (Phi) is 15.2. The van der Waals surface area contributed by atoms with E-state index in [1.165, 1.54) is 38.5 Å². The molecule has 0 spiro atoms. The van der Waals surface area contributed by atoms with E-state index in [1.807, 2.05) is 27.7 Å². The molecule has 2 saturated heterocycles. The second kappa shape index (κ2) is 18.7. The third kappa shape index (κ3) is 12.4. The van der Waals surface area contributed by atoms with Gasteiger partial charge in [-0.15, -0.1) is 0 Å². The lowest BCUT2D eigenvalue weighted by Crippen LogP contribution is -2.53. The molecule has 4 aliphatic rings. The maximum absolute atomic E-state index is 13.5. The number of carbonyl (C=O) groups is 2. The highest BCUT2D eigenvalue weighted by molar-refractivity contribution is 5.70. The molecule has 4 N–H and O–H groups in total. The molecule has 3 fully saturated rings. The molecule has 11 heteroatoms. The van der Waals surface area contributed by atoms with Gasteiger partial charge in [-0.25, -0.2) is 4.79 Å². The Morgan fingerprint density at radius 1 is 1.14 bits per heavy atom. The summed E-state index contributed by atoms with van der Waals surface area (Å²) in [7, 11) is 0. The lowest BCUT2D eigenvalue weighted by molar-refractivity contribution is -0.151. The minimum atomic E-state index is -1.48. The second-order valence-corrected chi connectivity index (χ2v) is 16.2. The van der Waals surface area contributed by atoms with Gasteiger partial charge in [0, 0.05) is 50.5 Å². The molecule has 1 aliphatic carbocycles. The number of carbonyl (C=O) groups excluding carboxylic acids is 2. The monoisotopic (exact) mass is 718 g/mol. The van der Waals surface area contributed by atoms with Gasteiger partial charge in [-0.1, -0.05) is 70.8 Å². The predicted molar refractivity (Wildman–Crippen MR) is 196 cm³/mol. The Bertz CT molecular complexity index is 1220. The third-order valence-electron chi connectivity index (χ3n) is 11.5. The van der Waals surface area contributed by atoms with Crippen LogP contribution in [-0.4, -0.2) is 122 Å². The van der Waals surface area contributed by atoms with Crippen molar-refractivity contribution >= 4 is 12.1 Å². The van der Waals surface area contributed by atoms with Crippen LogP contribution >= 0.6 is 0 Å². The zero-order valence-electron chi connectivity index (χ0n) is 31.9. The van der Waals surface area contributed by atoms with Crippen LogP contribution in [0.4, 0.5) is 4.79 Å². The Morgan fingerprint density at radius 2 is 1.80 bits per heavy atom. The number of amides is 1. The second-order valence-electron chi connectivity index (χ2n) is 16.2. The van der Waals surface area contributed by atoms with Crippen LogP contribution in [0, 0.1) is 11.8 Å². The number of cyclic esters (lactones) is 1. The van der Waals surface area contributed by atoms with Gasteiger partial charge in [0.05, 0.1) is 36.4 Å². The highest BCUT2D eigenvalue weighted by Gasteiger charge is 2.47. The van der Waals surface area contributed by atoms with Crippen LogP contribution in [0.2, 0.25) is 0 Å². The molecule has 10 unspecified atom stereocenters. The fourth-order valence-electron chi connectivity index (χ4n) is 7.88. The lowest BCUT2D eigenvalue weighted by Gasteiger charge is -2.40. The highest BCUT2D eigenvalue weighted by Crippen LogP contribution is 2.37. The average Bonchev–Trinajstić information content (AvgIpc) is 3.89. The maximum atomic E-state index is 13.5. The molecule has 0 aromatic heterocycles. The predicted octanol–water partition coefficient (Wildman–Crippen LogP) is 5.05. The van der Waals surface area contributed by atoms with Crippen LogP contribution in [0.3, 0.4) is 0 Å². The summed E-state index contributed by atoms with van der Waals surface area (Å²) < 4.78 is 17.7.